The molecule has 2 rings (SSSR count). The maximum Gasteiger partial charge on any atom is 0.336 e. The van der Waals surface area contributed by atoms with Crippen LogP contribution in [0.5, 0.6) is 5.75 Å². The van der Waals surface area contributed by atoms with Crippen LogP contribution in [-0.2, 0) is 25.5 Å². The van der Waals surface area contributed by atoms with E-state index in [2.05, 4.69) is 11.9 Å². The first-order valence-electron chi connectivity index (χ1n) is 17.9. The van der Waals surface area contributed by atoms with E-state index < -0.39 is 23.8 Å². The Kier molecular flexibility index (Phi) is 17.2. The van der Waals surface area contributed by atoms with E-state index in [0.29, 0.717) is 52.7 Å². The minimum Gasteiger partial charge on any atom is -0.491 e. The molecule has 2 unspecified atom stereocenters. The summed E-state index contributed by atoms with van der Waals surface area (Å²) in [5, 5.41) is 0. The van der Waals surface area contributed by atoms with Gasteiger partial charge in [0.25, 0.3) is 0 Å². The molecule has 8 heteroatoms. The number of benzene rings is 1. The van der Waals surface area contributed by atoms with E-state index in [0.717, 1.165) is 24.8 Å². The number of hydrogen-bond acceptors (Lipinski definition) is 8. The van der Waals surface area contributed by atoms with Crippen LogP contribution in [0, 0.1) is 5.92 Å². The zero-order chi connectivity index (χ0) is 34.2. The fourth-order valence-electron chi connectivity index (χ4n) is 6.50. The maximum absolute atomic E-state index is 13.8. The normalized spacial score (nSPS) is 16.6. The van der Waals surface area contributed by atoms with E-state index in [1.807, 2.05) is 6.92 Å². The summed E-state index contributed by atoms with van der Waals surface area (Å²) in [5.41, 5.74) is 17.0. The van der Waals surface area contributed by atoms with Crippen molar-refractivity contribution in [2.75, 3.05) is 18.1 Å². The number of hydrogen-bond donors (Lipinski definition) is 2. The maximum atomic E-state index is 13.8. The number of nitrogens with zero attached hydrogens (tertiary/aromatic N) is 1. The first-order chi connectivity index (χ1) is 21.9. The van der Waals surface area contributed by atoms with E-state index in [-0.39, 0.29) is 12.2 Å². The van der Waals surface area contributed by atoms with Crippen molar-refractivity contribution in [1.29, 1.82) is 0 Å². The number of unbranched alkanes of at least 4 members (excludes halogenated alkanes) is 12. The highest BCUT2D eigenvalue weighted by molar-refractivity contribution is 6.07. The summed E-state index contributed by atoms with van der Waals surface area (Å²) in [6.45, 7) is 15.3. The van der Waals surface area contributed by atoms with E-state index in [9.17, 15) is 9.59 Å². The number of nitrogen functional groups attached to an aromatic ring is 2. The molecule has 1 aromatic rings. The fraction of sp³-hybridized carbons (Fsp3) is 0.711. The Morgan fingerprint density at radius 2 is 1.30 bits per heavy atom. The van der Waals surface area contributed by atoms with Crippen molar-refractivity contribution in [3.8, 4) is 5.75 Å². The Morgan fingerprint density at radius 3 is 1.80 bits per heavy atom. The van der Waals surface area contributed by atoms with Gasteiger partial charge in [0.1, 0.15) is 11.7 Å². The van der Waals surface area contributed by atoms with Crippen molar-refractivity contribution < 1.29 is 23.8 Å². The zero-order valence-electron chi connectivity index (χ0n) is 30.1. The average Bonchev–Trinajstić information content (AvgIpc) is 2.96. The average molecular weight is 642 g/mol. The van der Waals surface area contributed by atoms with Gasteiger partial charge < -0.3 is 25.7 Å². The van der Waals surface area contributed by atoms with Gasteiger partial charge in [0.2, 0.25) is 0 Å². The van der Waals surface area contributed by atoms with Gasteiger partial charge in [-0.25, -0.2) is 4.79 Å². The van der Waals surface area contributed by atoms with Crippen LogP contribution >= 0.6 is 0 Å². The standard InChI is InChI=1S/C38H63N3O5/c1-9-11-12-13-14-15-16-17-18-19-20-21-22-23-29-30(39)24-31(40)36(44-10-2)34(29)35-32(37(42)45-25(3)4)27(7)41-28(8)33(35)38(43)46-26(5)6/h24-26,32,35H,9-23,39-40H2,1-8H3. The monoisotopic (exact) mass is 641 g/mol. The summed E-state index contributed by atoms with van der Waals surface area (Å²) in [7, 11) is 0. The number of carbonyl (C=O) groups is 2. The van der Waals surface area contributed by atoms with Crippen LogP contribution in [0.15, 0.2) is 22.3 Å². The van der Waals surface area contributed by atoms with Crippen molar-refractivity contribution in [3.05, 3.63) is 28.5 Å². The number of esters is 2. The van der Waals surface area contributed by atoms with Crippen LogP contribution in [-0.4, -0.2) is 36.5 Å². The summed E-state index contributed by atoms with van der Waals surface area (Å²) in [5.74, 6) is -2.18. The molecule has 0 aromatic heterocycles. The lowest BCUT2D eigenvalue weighted by Gasteiger charge is -2.35. The lowest BCUT2D eigenvalue weighted by Crippen LogP contribution is -2.38. The van der Waals surface area contributed by atoms with Gasteiger partial charge in [-0.1, -0.05) is 84.0 Å². The van der Waals surface area contributed by atoms with Crippen molar-refractivity contribution in [1.82, 2.24) is 0 Å². The van der Waals surface area contributed by atoms with Crippen LogP contribution in [0.25, 0.3) is 0 Å². The zero-order valence-corrected chi connectivity index (χ0v) is 30.1. The Bertz CT molecular complexity index is 1190. The molecule has 1 aliphatic rings. The Hall–Kier alpha value is -3.03. The summed E-state index contributed by atoms with van der Waals surface area (Å²) in [6, 6.07) is 1.74. The Labute approximate surface area is 279 Å². The third-order valence-corrected chi connectivity index (χ3v) is 8.62. The van der Waals surface area contributed by atoms with Gasteiger partial charge in [0, 0.05) is 28.6 Å². The molecule has 260 valence electrons. The number of rotatable bonds is 21. The smallest absolute Gasteiger partial charge is 0.336 e. The van der Waals surface area contributed by atoms with Crippen LogP contribution in [0.2, 0.25) is 0 Å². The van der Waals surface area contributed by atoms with E-state index in [4.69, 9.17) is 25.7 Å². The number of ether oxygens (including phenoxy) is 3. The van der Waals surface area contributed by atoms with Gasteiger partial charge in [-0.2, -0.15) is 0 Å². The molecular formula is C38H63N3O5. The number of allylic oxidation sites excluding steroid dienone is 1. The third kappa shape index (κ3) is 11.6. The molecule has 0 amide bonds. The molecule has 8 nitrogen and oxygen atoms in total. The molecular weight excluding hydrogens is 578 g/mol. The highest BCUT2D eigenvalue weighted by Gasteiger charge is 2.45. The lowest BCUT2D eigenvalue weighted by atomic mass is 9.72. The molecule has 0 saturated carbocycles. The number of anilines is 2. The first kappa shape index (κ1) is 39.1. The summed E-state index contributed by atoms with van der Waals surface area (Å²) >= 11 is 0. The SMILES string of the molecule is CCCCCCCCCCCCCCCc1c(N)cc(N)c(OCC)c1C1C(C(=O)OC(C)C)=C(C)N=C(C)C1C(=O)OC(C)C. The molecule has 2 atom stereocenters. The van der Waals surface area contributed by atoms with Crippen LogP contribution in [0.1, 0.15) is 156 Å². The molecule has 0 bridgehead atoms. The van der Waals surface area contributed by atoms with Gasteiger partial charge in [0.15, 0.2) is 0 Å². The fourth-order valence-corrected chi connectivity index (χ4v) is 6.50. The molecule has 0 fully saturated rings. The van der Waals surface area contributed by atoms with Gasteiger partial charge >= 0.3 is 11.9 Å². The highest BCUT2D eigenvalue weighted by atomic mass is 16.5. The van der Waals surface area contributed by atoms with Gasteiger partial charge in [-0.15, -0.1) is 0 Å². The Morgan fingerprint density at radius 1 is 0.783 bits per heavy atom. The summed E-state index contributed by atoms with van der Waals surface area (Å²) < 4.78 is 17.6. The molecule has 0 spiro atoms. The summed E-state index contributed by atoms with van der Waals surface area (Å²) in [4.78, 5) is 32.1. The lowest BCUT2D eigenvalue weighted by molar-refractivity contribution is -0.150. The van der Waals surface area contributed by atoms with Crippen LogP contribution < -0.4 is 16.2 Å². The van der Waals surface area contributed by atoms with Gasteiger partial charge in [0.05, 0.1) is 30.1 Å². The van der Waals surface area contributed by atoms with Crippen molar-refractivity contribution in [2.24, 2.45) is 10.9 Å². The largest absolute Gasteiger partial charge is 0.491 e. The molecule has 0 radical (unpaired) electrons. The first-order valence-corrected chi connectivity index (χ1v) is 17.9. The molecule has 0 saturated heterocycles. The van der Waals surface area contributed by atoms with E-state index >= 15 is 0 Å². The molecule has 1 heterocycles. The van der Waals surface area contributed by atoms with Gasteiger partial charge in [-0.3, -0.25) is 9.79 Å². The highest BCUT2D eigenvalue weighted by Crippen LogP contribution is 2.49. The quantitative estimate of drug-likeness (QED) is 0.0778. The topological polar surface area (TPSA) is 126 Å². The molecule has 46 heavy (non-hydrogen) atoms. The molecule has 4 N–H and O–H groups in total. The molecule has 0 aliphatic carbocycles. The Balaban J connectivity index is 2.36. The van der Waals surface area contributed by atoms with Crippen molar-refractivity contribution >= 4 is 29.0 Å². The van der Waals surface area contributed by atoms with Crippen molar-refractivity contribution in [2.45, 2.75) is 163 Å². The van der Waals surface area contributed by atoms with Gasteiger partial charge in [-0.05, 0) is 72.9 Å². The summed E-state index contributed by atoms with van der Waals surface area (Å²) in [6.07, 6.45) is 16.3. The number of carbonyl (C=O) groups excluding carboxylic acids is 2. The second-order valence-corrected chi connectivity index (χ2v) is 13.3. The predicted octanol–water partition coefficient (Wildman–Crippen LogP) is 9.23. The molecule has 1 aliphatic heterocycles. The second kappa shape index (κ2) is 20.3. The number of nitrogens with two attached hydrogens (primary N) is 2. The van der Waals surface area contributed by atoms with Crippen LogP contribution in [0.4, 0.5) is 11.4 Å². The molecule has 1 aromatic carbocycles. The third-order valence-electron chi connectivity index (χ3n) is 8.62. The minimum absolute atomic E-state index is 0.308. The second-order valence-electron chi connectivity index (χ2n) is 13.3. The van der Waals surface area contributed by atoms with E-state index in [1.165, 1.54) is 64.2 Å². The number of aliphatic imine (C=N–C) groups is 1. The predicted molar refractivity (Wildman–Crippen MR) is 190 cm³/mol. The minimum atomic E-state index is -0.869. The van der Waals surface area contributed by atoms with Crippen LogP contribution in [0.3, 0.4) is 0 Å². The van der Waals surface area contributed by atoms with E-state index in [1.54, 1.807) is 47.6 Å². The van der Waals surface area contributed by atoms with Crippen molar-refractivity contribution in [3.63, 3.8) is 0 Å².